The van der Waals surface area contributed by atoms with E-state index in [0.717, 1.165) is 5.56 Å². The number of benzene rings is 1. The number of oxazole rings is 1. The maximum atomic E-state index is 12.6. The van der Waals surface area contributed by atoms with Crippen LogP contribution in [-0.4, -0.2) is 36.7 Å². The number of pyridine rings is 1. The van der Waals surface area contributed by atoms with Crippen LogP contribution in [0.3, 0.4) is 0 Å². The SMILES string of the molecule is CC(=O)c1ccnc(Cn2ncc(NC(=O)c3ncoc3-c3ccccc3)n2)c1. The molecule has 0 fully saturated rings. The molecule has 0 radical (unpaired) electrons. The Balaban J connectivity index is 1.48. The first-order chi connectivity index (χ1) is 14.1. The van der Waals surface area contributed by atoms with Crippen molar-refractivity contribution in [1.29, 1.82) is 0 Å². The number of carbonyl (C=O) groups excluding carboxylic acids is 2. The Morgan fingerprint density at radius 3 is 2.76 bits per heavy atom. The number of nitrogens with zero attached hydrogens (tertiary/aromatic N) is 5. The monoisotopic (exact) mass is 388 g/mol. The molecule has 29 heavy (non-hydrogen) atoms. The maximum Gasteiger partial charge on any atom is 0.279 e. The number of hydrogen-bond acceptors (Lipinski definition) is 7. The van der Waals surface area contributed by atoms with Crippen LogP contribution < -0.4 is 5.32 Å². The van der Waals surface area contributed by atoms with Crippen LogP contribution in [0.1, 0.15) is 33.5 Å². The van der Waals surface area contributed by atoms with E-state index in [-0.39, 0.29) is 23.8 Å². The summed E-state index contributed by atoms with van der Waals surface area (Å²) in [5.41, 5.74) is 2.10. The van der Waals surface area contributed by atoms with Crippen LogP contribution in [0.15, 0.2) is 65.7 Å². The van der Waals surface area contributed by atoms with Crippen LogP contribution in [0.25, 0.3) is 11.3 Å². The molecule has 144 valence electrons. The third-order valence-electron chi connectivity index (χ3n) is 4.12. The molecule has 0 bridgehead atoms. The summed E-state index contributed by atoms with van der Waals surface area (Å²) in [6.45, 7) is 1.75. The molecule has 0 aliphatic carbocycles. The van der Waals surface area contributed by atoms with Crippen LogP contribution in [0, 0.1) is 0 Å². The second-order valence-corrected chi connectivity index (χ2v) is 6.20. The highest BCUT2D eigenvalue weighted by atomic mass is 16.3. The van der Waals surface area contributed by atoms with Gasteiger partial charge < -0.3 is 9.73 Å². The summed E-state index contributed by atoms with van der Waals surface area (Å²) in [4.78, 5) is 33.7. The van der Waals surface area contributed by atoms with Crippen molar-refractivity contribution in [2.45, 2.75) is 13.5 Å². The van der Waals surface area contributed by atoms with Gasteiger partial charge in [0.25, 0.3) is 5.91 Å². The topological polar surface area (TPSA) is 116 Å². The van der Waals surface area contributed by atoms with E-state index in [4.69, 9.17) is 4.42 Å². The predicted octanol–water partition coefficient (Wildman–Crippen LogP) is 2.83. The van der Waals surface area contributed by atoms with Crippen molar-refractivity contribution in [3.8, 4) is 11.3 Å². The van der Waals surface area contributed by atoms with Crippen LogP contribution >= 0.6 is 0 Å². The van der Waals surface area contributed by atoms with Crippen molar-refractivity contribution in [3.05, 3.63) is 78.2 Å². The van der Waals surface area contributed by atoms with E-state index in [1.54, 1.807) is 18.3 Å². The molecule has 4 aromatic rings. The van der Waals surface area contributed by atoms with Gasteiger partial charge in [0.2, 0.25) is 0 Å². The fourth-order valence-corrected chi connectivity index (χ4v) is 2.74. The minimum absolute atomic E-state index is 0.0446. The molecule has 3 heterocycles. The molecule has 0 aliphatic rings. The number of Topliss-reactive ketones (excluding diaryl/α,β-unsaturated/α-hetero) is 1. The zero-order valence-electron chi connectivity index (χ0n) is 15.4. The molecular weight excluding hydrogens is 372 g/mol. The number of hydrogen-bond donors (Lipinski definition) is 1. The number of rotatable bonds is 6. The molecule has 1 amide bonds. The maximum absolute atomic E-state index is 12.6. The first kappa shape index (κ1) is 18.2. The Morgan fingerprint density at radius 1 is 1.14 bits per heavy atom. The standard InChI is InChI=1S/C20H16N6O3/c1-13(27)15-7-8-21-16(9-15)11-26-23-10-17(25-26)24-20(28)18-19(29-12-22-18)14-5-3-2-4-6-14/h2-10,12H,11H2,1H3,(H,24,25,28). The molecular formula is C20H16N6O3. The largest absolute Gasteiger partial charge is 0.443 e. The van der Waals surface area contributed by atoms with Crippen molar-refractivity contribution in [2.24, 2.45) is 0 Å². The lowest BCUT2D eigenvalue weighted by atomic mass is 10.1. The average Bonchev–Trinajstić information content (AvgIpc) is 3.38. The van der Waals surface area contributed by atoms with Crippen molar-refractivity contribution in [1.82, 2.24) is 25.0 Å². The summed E-state index contributed by atoms with van der Waals surface area (Å²) in [6, 6.07) is 12.6. The Kier molecular flexibility index (Phi) is 4.93. The average molecular weight is 388 g/mol. The molecule has 3 aromatic heterocycles. The van der Waals surface area contributed by atoms with Gasteiger partial charge in [-0.25, -0.2) is 4.98 Å². The molecule has 0 aliphatic heterocycles. The van der Waals surface area contributed by atoms with Crippen molar-refractivity contribution < 1.29 is 14.0 Å². The van der Waals surface area contributed by atoms with E-state index < -0.39 is 5.91 Å². The van der Waals surface area contributed by atoms with Gasteiger partial charge in [-0.05, 0) is 19.1 Å². The fourth-order valence-electron chi connectivity index (χ4n) is 2.74. The molecule has 0 unspecified atom stereocenters. The van der Waals surface area contributed by atoms with E-state index >= 15 is 0 Å². The zero-order chi connectivity index (χ0) is 20.2. The van der Waals surface area contributed by atoms with Crippen molar-refractivity contribution >= 4 is 17.5 Å². The lowest BCUT2D eigenvalue weighted by Crippen LogP contribution is -2.14. The van der Waals surface area contributed by atoms with E-state index in [1.165, 1.54) is 24.3 Å². The smallest absolute Gasteiger partial charge is 0.279 e. The number of amides is 1. The lowest BCUT2D eigenvalue weighted by molar-refractivity contribution is 0.101. The van der Waals surface area contributed by atoms with Gasteiger partial charge >= 0.3 is 0 Å². The van der Waals surface area contributed by atoms with E-state index in [1.807, 2.05) is 30.3 Å². The molecule has 0 saturated carbocycles. The minimum Gasteiger partial charge on any atom is -0.443 e. The Bertz CT molecular complexity index is 1170. The molecule has 1 N–H and O–H groups in total. The number of ketones is 1. The lowest BCUT2D eigenvalue weighted by Gasteiger charge is -2.02. The fraction of sp³-hybridized carbons (Fsp3) is 0.100. The Labute approximate surface area is 165 Å². The summed E-state index contributed by atoms with van der Waals surface area (Å²) in [5.74, 6) is 0.138. The normalized spacial score (nSPS) is 10.7. The summed E-state index contributed by atoms with van der Waals surface area (Å²) in [6.07, 6.45) is 4.21. The van der Waals surface area contributed by atoms with Gasteiger partial charge in [-0.1, -0.05) is 30.3 Å². The van der Waals surface area contributed by atoms with E-state index in [9.17, 15) is 9.59 Å². The molecule has 9 nitrogen and oxygen atoms in total. The third-order valence-corrected chi connectivity index (χ3v) is 4.12. The minimum atomic E-state index is -0.457. The van der Waals surface area contributed by atoms with Crippen LogP contribution in [-0.2, 0) is 6.54 Å². The first-order valence-electron chi connectivity index (χ1n) is 8.76. The molecule has 9 heteroatoms. The Hall–Kier alpha value is -4.14. The molecule has 4 rings (SSSR count). The summed E-state index contributed by atoms with van der Waals surface area (Å²) < 4.78 is 5.38. The highest BCUT2D eigenvalue weighted by Crippen LogP contribution is 2.23. The van der Waals surface area contributed by atoms with Gasteiger partial charge in [0.05, 0.1) is 11.9 Å². The van der Waals surface area contributed by atoms with Gasteiger partial charge in [0, 0.05) is 17.3 Å². The Morgan fingerprint density at radius 2 is 1.97 bits per heavy atom. The second-order valence-electron chi connectivity index (χ2n) is 6.20. The first-order valence-corrected chi connectivity index (χ1v) is 8.76. The third kappa shape index (κ3) is 4.08. The van der Waals surface area contributed by atoms with Gasteiger partial charge in [-0.3, -0.25) is 14.6 Å². The quantitative estimate of drug-likeness (QED) is 0.505. The van der Waals surface area contributed by atoms with Crippen molar-refractivity contribution in [3.63, 3.8) is 0 Å². The highest BCUT2D eigenvalue weighted by molar-refractivity contribution is 6.05. The summed E-state index contributed by atoms with van der Waals surface area (Å²) in [7, 11) is 0. The van der Waals surface area contributed by atoms with Crippen LogP contribution in [0.4, 0.5) is 5.82 Å². The van der Waals surface area contributed by atoms with Gasteiger partial charge in [0.1, 0.15) is 6.54 Å². The second kappa shape index (κ2) is 7.85. The van der Waals surface area contributed by atoms with Crippen molar-refractivity contribution in [2.75, 3.05) is 5.32 Å². The van der Waals surface area contributed by atoms with Crippen LogP contribution in [0.5, 0.6) is 0 Å². The zero-order valence-corrected chi connectivity index (χ0v) is 15.4. The van der Waals surface area contributed by atoms with Gasteiger partial charge in [-0.2, -0.15) is 9.90 Å². The molecule has 1 aromatic carbocycles. The molecule has 0 saturated heterocycles. The highest BCUT2D eigenvalue weighted by Gasteiger charge is 2.19. The van der Waals surface area contributed by atoms with E-state index in [0.29, 0.717) is 17.0 Å². The number of carbonyl (C=O) groups is 2. The van der Waals surface area contributed by atoms with Gasteiger partial charge in [0.15, 0.2) is 29.4 Å². The van der Waals surface area contributed by atoms with E-state index in [2.05, 4.69) is 25.5 Å². The molecule has 0 spiro atoms. The molecule has 0 atom stereocenters. The summed E-state index contributed by atoms with van der Waals surface area (Å²) in [5, 5.41) is 11.0. The number of nitrogens with one attached hydrogen (secondary N) is 1. The predicted molar refractivity (Wildman–Crippen MR) is 103 cm³/mol. The van der Waals surface area contributed by atoms with Gasteiger partial charge in [-0.15, -0.1) is 5.10 Å². The van der Waals surface area contributed by atoms with Crippen LogP contribution in [0.2, 0.25) is 0 Å². The summed E-state index contributed by atoms with van der Waals surface area (Å²) >= 11 is 0. The number of aromatic nitrogens is 5. The number of anilines is 1.